The number of ether oxygens (including phenoxy) is 4. The molecule has 1 amide bonds. The van der Waals surface area contributed by atoms with Crippen molar-refractivity contribution in [1.82, 2.24) is 4.98 Å². The average molecular weight is 444 g/mol. The van der Waals surface area contributed by atoms with Gasteiger partial charge in [-0.1, -0.05) is 6.07 Å². The number of carbonyl (C=O) groups is 2. The maximum atomic E-state index is 13.2. The van der Waals surface area contributed by atoms with Crippen LogP contribution in [0.15, 0.2) is 66.5 Å². The molecule has 1 fully saturated rings. The number of benzene rings is 2. The number of amides is 1. The van der Waals surface area contributed by atoms with E-state index in [2.05, 4.69) is 4.98 Å². The van der Waals surface area contributed by atoms with Crippen LogP contribution in [0.2, 0.25) is 0 Å². The van der Waals surface area contributed by atoms with Gasteiger partial charge in [0.25, 0.3) is 11.7 Å². The fourth-order valence-electron chi connectivity index (χ4n) is 4.19. The summed E-state index contributed by atoms with van der Waals surface area (Å²) in [4.78, 5) is 31.9. The molecule has 6 rings (SSSR count). The molecule has 0 spiro atoms. The van der Waals surface area contributed by atoms with Crippen molar-refractivity contribution < 1.29 is 33.6 Å². The molecule has 1 N–H and O–H groups in total. The Morgan fingerprint density at radius 2 is 1.61 bits per heavy atom. The van der Waals surface area contributed by atoms with Gasteiger partial charge >= 0.3 is 0 Å². The Kier molecular flexibility index (Phi) is 4.22. The predicted octanol–water partition coefficient (Wildman–Crippen LogP) is 3.17. The Balaban J connectivity index is 1.52. The van der Waals surface area contributed by atoms with Gasteiger partial charge in [-0.15, -0.1) is 0 Å². The first kappa shape index (κ1) is 19.2. The van der Waals surface area contributed by atoms with Crippen molar-refractivity contribution in [2.45, 2.75) is 6.04 Å². The number of hydrogen-bond donors (Lipinski definition) is 1. The molecule has 9 nitrogen and oxygen atoms in total. The molecule has 2 aromatic carbocycles. The fraction of sp³-hybridized carbons (Fsp3) is 0.125. The molecule has 3 aromatic rings. The molecule has 1 saturated heterocycles. The molecule has 164 valence electrons. The van der Waals surface area contributed by atoms with Crippen LogP contribution >= 0.6 is 0 Å². The average Bonchev–Trinajstić information content (AvgIpc) is 3.56. The van der Waals surface area contributed by atoms with Gasteiger partial charge in [-0.2, -0.15) is 0 Å². The second-order valence-corrected chi connectivity index (χ2v) is 7.56. The van der Waals surface area contributed by atoms with Gasteiger partial charge in [-0.05, 0) is 42.0 Å². The summed E-state index contributed by atoms with van der Waals surface area (Å²) in [5.74, 6) is 0.104. The quantitative estimate of drug-likeness (QED) is 0.373. The van der Waals surface area contributed by atoms with Crippen molar-refractivity contribution in [1.29, 1.82) is 0 Å². The largest absolute Gasteiger partial charge is 0.507 e. The molecule has 3 aliphatic rings. The van der Waals surface area contributed by atoms with Gasteiger partial charge in [0, 0.05) is 29.7 Å². The van der Waals surface area contributed by atoms with E-state index in [1.165, 1.54) is 4.90 Å². The van der Waals surface area contributed by atoms with Crippen LogP contribution in [0.1, 0.15) is 17.2 Å². The van der Waals surface area contributed by atoms with Crippen molar-refractivity contribution in [3.05, 3.63) is 77.6 Å². The number of nitrogens with zero attached hydrogens (tertiary/aromatic N) is 2. The van der Waals surface area contributed by atoms with E-state index in [0.29, 0.717) is 39.8 Å². The number of aliphatic hydroxyl groups excluding tert-OH is 1. The number of rotatable bonds is 3. The smallest absolute Gasteiger partial charge is 0.300 e. The second-order valence-electron chi connectivity index (χ2n) is 7.56. The Bertz CT molecular complexity index is 1340. The lowest BCUT2D eigenvalue weighted by molar-refractivity contribution is -0.132. The molecule has 0 radical (unpaired) electrons. The molecule has 4 heterocycles. The molecule has 9 heteroatoms. The van der Waals surface area contributed by atoms with E-state index in [9.17, 15) is 14.7 Å². The molecule has 0 bridgehead atoms. The summed E-state index contributed by atoms with van der Waals surface area (Å²) in [6, 6.07) is 12.4. The number of pyridine rings is 1. The third-order valence-electron chi connectivity index (χ3n) is 5.72. The summed E-state index contributed by atoms with van der Waals surface area (Å²) in [7, 11) is 0. The zero-order valence-corrected chi connectivity index (χ0v) is 17.1. The maximum absolute atomic E-state index is 13.2. The van der Waals surface area contributed by atoms with Crippen molar-refractivity contribution in [2.24, 2.45) is 0 Å². The van der Waals surface area contributed by atoms with Crippen LogP contribution in [0.5, 0.6) is 23.0 Å². The Labute approximate surface area is 187 Å². The van der Waals surface area contributed by atoms with Gasteiger partial charge in [-0.3, -0.25) is 19.5 Å². The number of fused-ring (bicyclic) bond motifs is 2. The van der Waals surface area contributed by atoms with Crippen molar-refractivity contribution >= 4 is 23.1 Å². The number of hydrogen-bond acceptors (Lipinski definition) is 8. The zero-order valence-electron chi connectivity index (χ0n) is 17.1. The third kappa shape index (κ3) is 2.97. The number of aromatic nitrogens is 1. The summed E-state index contributed by atoms with van der Waals surface area (Å²) in [5.41, 5.74) is 1.28. The summed E-state index contributed by atoms with van der Waals surface area (Å²) in [6.45, 7) is 0.150. The molecule has 0 aliphatic carbocycles. The highest BCUT2D eigenvalue weighted by Gasteiger charge is 2.47. The summed E-state index contributed by atoms with van der Waals surface area (Å²) >= 11 is 0. The van der Waals surface area contributed by atoms with E-state index in [1.54, 1.807) is 60.9 Å². The number of carbonyl (C=O) groups excluding carboxylic acids is 2. The number of aliphatic hydroxyl groups is 1. The lowest BCUT2D eigenvalue weighted by Crippen LogP contribution is -2.29. The third-order valence-corrected chi connectivity index (χ3v) is 5.72. The van der Waals surface area contributed by atoms with E-state index >= 15 is 0 Å². The molecule has 1 aromatic heterocycles. The minimum Gasteiger partial charge on any atom is -0.507 e. The fourth-order valence-corrected chi connectivity index (χ4v) is 4.19. The molecular weight excluding hydrogens is 428 g/mol. The molecule has 33 heavy (non-hydrogen) atoms. The Morgan fingerprint density at radius 1 is 0.909 bits per heavy atom. The first-order valence-corrected chi connectivity index (χ1v) is 10.1. The molecule has 0 saturated carbocycles. The van der Waals surface area contributed by atoms with Gasteiger partial charge in [0.1, 0.15) is 5.76 Å². The van der Waals surface area contributed by atoms with Crippen LogP contribution < -0.4 is 23.8 Å². The van der Waals surface area contributed by atoms with Crippen molar-refractivity contribution in [3.8, 4) is 23.0 Å². The number of ketones is 1. The van der Waals surface area contributed by atoms with E-state index in [0.717, 1.165) is 0 Å². The van der Waals surface area contributed by atoms with Crippen LogP contribution in [0.3, 0.4) is 0 Å². The van der Waals surface area contributed by atoms with Crippen LogP contribution in [-0.2, 0) is 9.59 Å². The zero-order chi connectivity index (χ0) is 22.5. The highest BCUT2D eigenvalue weighted by molar-refractivity contribution is 6.51. The van der Waals surface area contributed by atoms with E-state index < -0.39 is 17.7 Å². The molecule has 3 aliphatic heterocycles. The van der Waals surface area contributed by atoms with E-state index in [-0.39, 0.29) is 24.9 Å². The lowest BCUT2D eigenvalue weighted by Gasteiger charge is -2.25. The first-order valence-electron chi connectivity index (χ1n) is 10.1. The van der Waals surface area contributed by atoms with Crippen molar-refractivity contribution in [2.75, 3.05) is 18.5 Å². The standard InChI is InChI=1S/C24H16N2O7/c27-22(13-3-5-16-18(8-13)32-11-30-16)20-21(14-2-1-7-25-10-14)26(24(29)23(20)28)15-4-6-17-19(9-15)33-12-31-17/h1-10,21,27H,11-12H2/b22-20+. The maximum Gasteiger partial charge on any atom is 0.300 e. The van der Waals surface area contributed by atoms with Gasteiger partial charge in [-0.25, -0.2) is 0 Å². The first-order chi connectivity index (χ1) is 16.1. The van der Waals surface area contributed by atoms with Crippen LogP contribution in [0, 0.1) is 0 Å². The highest BCUT2D eigenvalue weighted by Crippen LogP contribution is 2.45. The van der Waals surface area contributed by atoms with Crippen molar-refractivity contribution in [3.63, 3.8) is 0 Å². The number of anilines is 1. The topological polar surface area (TPSA) is 107 Å². The molecular formula is C24H16N2O7. The van der Waals surface area contributed by atoms with E-state index in [4.69, 9.17) is 18.9 Å². The minimum atomic E-state index is -0.899. The summed E-state index contributed by atoms with van der Waals surface area (Å²) < 4.78 is 21.5. The summed E-state index contributed by atoms with van der Waals surface area (Å²) in [6.07, 6.45) is 3.15. The molecule has 1 atom stereocenters. The Morgan fingerprint density at radius 3 is 2.33 bits per heavy atom. The van der Waals surface area contributed by atoms with E-state index in [1.807, 2.05) is 0 Å². The lowest BCUT2D eigenvalue weighted by atomic mass is 9.96. The predicted molar refractivity (Wildman–Crippen MR) is 114 cm³/mol. The monoisotopic (exact) mass is 444 g/mol. The summed E-state index contributed by atoms with van der Waals surface area (Å²) in [5, 5.41) is 11.2. The van der Waals surface area contributed by atoms with Gasteiger partial charge in [0.15, 0.2) is 23.0 Å². The van der Waals surface area contributed by atoms with Gasteiger partial charge < -0.3 is 24.1 Å². The number of Topliss-reactive ketones (excluding diaryl/α,β-unsaturated/α-hetero) is 1. The van der Waals surface area contributed by atoms with Gasteiger partial charge in [0.05, 0.1) is 11.6 Å². The second kappa shape index (κ2) is 7.27. The van der Waals surface area contributed by atoms with Crippen LogP contribution in [-0.4, -0.2) is 35.4 Å². The molecule has 1 unspecified atom stereocenters. The van der Waals surface area contributed by atoms with Crippen LogP contribution in [0.4, 0.5) is 5.69 Å². The Hall–Kier alpha value is -4.53. The highest BCUT2D eigenvalue weighted by atomic mass is 16.7. The normalized spacial score (nSPS) is 19.9. The van der Waals surface area contributed by atoms with Crippen LogP contribution in [0.25, 0.3) is 5.76 Å². The van der Waals surface area contributed by atoms with Gasteiger partial charge in [0.2, 0.25) is 13.6 Å². The minimum absolute atomic E-state index is 0.0514. The SMILES string of the molecule is O=C1C(=O)N(c2ccc3c(c2)OCO3)C(c2cccnc2)/C1=C(\O)c1ccc2c(c1)OCO2.